The van der Waals surface area contributed by atoms with E-state index >= 15 is 0 Å². The third-order valence-electron chi connectivity index (χ3n) is 7.64. The first-order valence-corrected chi connectivity index (χ1v) is 13.5. The molecule has 184 valence electrons. The minimum absolute atomic E-state index is 0.0448. The van der Waals surface area contributed by atoms with E-state index in [4.69, 9.17) is 9.72 Å². The Labute approximate surface area is 204 Å². The molecule has 0 bridgehead atoms. The molecule has 6 rings (SSSR count). The van der Waals surface area contributed by atoms with Crippen LogP contribution in [0.2, 0.25) is 0 Å². The molecule has 8 nitrogen and oxygen atoms in total. The maximum Gasteiger partial charge on any atom is 0.218 e. The summed E-state index contributed by atoms with van der Waals surface area (Å²) in [7, 11) is -0.281. The zero-order valence-corrected chi connectivity index (χ0v) is 20.6. The summed E-state index contributed by atoms with van der Waals surface area (Å²) < 4.78 is 47.4. The number of hydrogen-bond donors (Lipinski definition) is 0. The molecule has 2 unspecified atom stereocenters. The molecule has 3 aliphatic rings. The highest BCUT2D eigenvalue weighted by Gasteiger charge is 2.46. The van der Waals surface area contributed by atoms with Crippen molar-refractivity contribution in [2.24, 2.45) is 5.92 Å². The van der Waals surface area contributed by atoms with Crippen LogP contribution < -0.4 is 14.5 Å². The standard InChI is InChI=1S/C25H28FN5O3S/c1-29-9-6-17-14-31(15-24(17)35(29,32)33)22-11-20(16-4-5-25(27-13-16)30-7-3-8-30)28-21-12-23(34-2)19(26)10-18(21)22/h4-5,10-13,17,24H,3,6-9,14-15H2,1-2H3. The fourth-order valence-corrected chi connectivity index (χ4v) is 7.30. The number of halogens is 1. The molecule has 2 aromatic heterocycles. The Balaban J connectivity index is 1.44. The lowest BCUT2D eigenvalue weighted by Crippen LogP contribution is -2.46. The Hall–Kier alpha value is -2.98. The Morgan fingerprint density at radius 2 is 1.91 bits per heavy atom. The second kappa shape index (κ2) is 8.30. The molecule has 5 heterocycles. The SMILES string of the molecule is COc1cc2nc(-c3ccc(N4CCC4)nc3)cc(N3CC4CCN(C)S(=O)(=O)C4C3)c2cc1F. The highest BCUT2D eigenvalue weighted by atomic mass is 32.2. The van der Waals surface area contributed by atoms with Crippen LogP contribution in [0, 0.1) is 11.7 Å². The molecule has 10 heteroatoms. The average molecular weight is 498 g/mol. The van der Waals surface area contributed by atoms with Crippen molar-refractivity contribution in [3.05, 3.63) is 42.3 Å². The van der Waals surface area contributed by atoms with Crippen LogP contribution in [-0.2, 0) is 10.0 Å². The Bertz CT molecular complexity index is 1390. The molecule has 0 aliphatic carbocycles. The van der Waals surface area contributed by atoms with E-state index in [-0.39, 0.29) is 11.7 Å². The van der Waals surface area contributed by atoms with E-state index in [1.807, 2.05) is 24.4 Å². The minimum atomic E-state index is -3.36. The van der Waals surface area contributed by atoms with Gasteiger partial charge < -0.3 is 14.5 Å². The van der Waals surface area contributed by atoms with Gasteiger partial charge in [0.05, 0.1) is 23.6 Å². The lowest BCUT2D eigenvalue weighted by atomic mass is 10.0. The van der Waals surface area contributed by atoms with Gasteiger partial charge in [0.2, 0.25) is 10.0 Å². The van der Waals surface area contributed by atoms with Crippen molar-refractivity contribution in [3.63, 3.8) is 0 Å². The summed E-state index contributed by atoms with van der Waals surface area (Å²) in [5, 5.41) is 0.176. The van der Waals surface area contributed by atoms with Gasteiger partial charge in [0, 0.05) is 68.7 Å². The number of sulfonamides is 1. The van der Waals surface area contributed by atoms with Crippen molar-refractivity contribution < 1.29 is 17.5 Å². The summed E-state index contributed by atoms with van der Waals surface area (Å²) in [4.78, 5) is 13.7. The van der Waals surface area contributed by atoms with Crippen LogP contribution in [0.1, 0.15) is 12.8 Å². The molecule has 0 spiro atoms. The van der Waals surface area contributed by atoms with E-state index in [2.05, 4.69) is 14.8 Å². The normalized spacial score (nSPS) is 23.9. The lowest BCUT2D eigenvalue weighted by molar-refractivity contribution is 0.367. The van der Waals surface area contributed by atoms with Crippen molar-refractivity contribution in [1.82, 2.24) is 14.3 Å². The van der Waals surface area contributed by atoms with E-state index in [0.29, 0.717) is 36.2 Å². The zero-order chi connectivity index (χ0) is 24.3. The van der Waals surface area contributed by atoms with Crippen molar-refractivity contribution in [2.45, 2.75) is 18.1 Å². The predicted octanol–water partition coefficient (Wildman–Crippen LogP) is 3.12. The molecular weight excluding hydrogens is 469 g/mol. The number of nitrogens with zero attached hydrogens (tertiary/aromatic N) is 5. The molecule has 3 saturated heterocycles. The maximum atomic E-state index is 14.8. The molecule has 3 fully saturated rings. The molecule has 3 aliphatic heterocycles. The largest absolute Gasteiger partial charge is 0.494 e. The third-order valence-corrected chi connectivity index (χ3v) is 9.99. The first-order chi connectivity index (χ1) is 16.8. The van der Waals surface area contributed by atoms with Gasteiger partial charge in [0.25, 0.3) is 0 Å². The van der Waals surface area contributed by atoms with E-state index in [0.717, 1.165) is 36.6 Å². The van der Waals surface area contributed by atoms with Crippen LogP contribution in [0.25, 0.3) is 22.2 Å². The predicted molar refractivity (Wildman–Crippen MR) is 134 cm³/mol. The summed E-state index contributed by atoms with van der Waals surface area (Å²) in [5.41, 5.74) is 2.94. The molecule has 0 amide bonds. The zero-order valence-electron chi connectivity index (χ0n) is 19.8. The number of pyridine rings is 2. The monoisotopic (exact) mass is 497 g/mol. The van der Waals surface area contributed by atoms with Crippen LogP contribution in [0.4, 0.5) is 15.9 Å². The van der Waals surface area contributed by atoms with Gasteiger partial charge in [0.15, 0.2) is 11.6 Å². The number of benzene rings is 1. The van der Waals surface area contributed by atoms with E-state index in [9.17, 15) is 12.8 Å². The molecular formula is C25H28FN5O3S. The quantitative estimate of drug-likeness (QED) is 0.548. The summed E-state index contributed by atoms with van der Waals surface area (Å²) in [6.45, 7) is 3.54. The second-order valence-corrected chi connectivity index (χ2v) is 11.9. The Kier molecular flexibility index (Phi) is 5.33. The molecule has 1 aromatic carbocycles. The minimum Gasteiger partial charge on any atom is -0.494 e. The maximum absolute atomic E-state index is 14.8. The van der Waals surface area contributed by atoms with Crippen LogP contribution in [0.5, 0.6) is 5.75 Å². The molecule has 0 N–H and O–H groups in total. The van der Waals surface area contributed by atoms with Gasteiger partial charge in [0.1, 0.15) is 5.82 Å². The summed E-state index contributed by atoms with van der Waals surface area (Å²) in [6, 6.07) is 8.98. The Morgan fingerprint density at radius 1 is 1.09 bits per heavy atom. The summed E-state index contributed by atoms with van der Waals surface area (Å²) in [6.07, 6.45) is 3.81. The van der Waals surface area contributed by atoms with Gasteiger partial charge >= 0.3 is 0 Å². The van der Waals surface area contributed by atoms with Crippen molar-refractivity contribution in [3.8, 4) is 17.0 Å². The van der Waals surface area contributed by atoms with Crippen LogP contribution >= 0.6 is 0 Å². The van der Waals surface area contributed by atoms with Gasteiger partial charge in [-0.2, -0.15) is 0 Å². The molecule has 35 heavy (non-hydrogen) atoms. The smallest absolute Gasteiger partial charge is 0.218 e. The van der Waals surface area contributed by atoms with E-state index in [1.54, 1.807) is 13.1 Å². The molecule has 0 radical (unpaired) electrons. The van der Waals surface area contributed by atoms with Gasteiger partial charge in [-0.1, -0.05) is 0 Å². The average Bonchev–Trinajstić information content (AvgIpc) is 3.26. The topological polar surface area (TPSA) is 78.9 Å². The van der Waals surface area contributed by atoms with Crippen molar-refractivity contribution >= 4 is 32.4 Å². The number of aromatic nitrogens is 2. The van der Waals surface area contributed by atoms with Crippen LogP contribution in [0.15, 0.2) is 36.5 Å². The molecule has 3 aromatic rings. The molecule has 0 saturated carbocycles. The van der Waals surface area contributed by atoms with E-state index < -0.39 is 21.1 Å². The van der Waals surface area contributed by atoms with E-state index in [1.165, 1.54) is 23.9 Å². The number of methoxy groups -OCH3 is 1. The number of hydrogen-bond acceptors (Lipinski definition) is 7. The second-order valence-electron chi connectivity index (χ2n) is 9.63. The van der Waals surface area contributed by atoms with Crippen molar-refractivity contribution in [2.75, 3.05) is 56.7 Å². The van der Waals surface area contributed by atoms with Gasteiger partial charge in [-0.3, -0.25) is 0 Å². The fourth-order valence-electron chi connectivity index (χ4n) is 5.40. The van der Waals surface area contributed by atoms with Gasteiger partial charge in [-0.15, -0.1) is 0 Å². The highest BCUT2D eigenvalue weighted by molar-refractivity contribution is 7.89. The van der Waals surface area contributed by atoms with Crippen LogP contribution in [-0.4, -0.2) is 74.8 Å². The first-order valence-electron chi connectivity index (χ1n) is 11.9. The Morgan fingerprint density at radius 3 is 2.60 bits per heavy atom. The highest BCUT2D eigenvalue weighted by Crippen LogP contribution is 2.40. The summed E-state index contributed by atoms with van der Waals surface area (Å²) >= 11 is 0. The number of anilines is 2. The first kappa shape index (κ1) is 22.5. The molecule has 2 atom stereocenters. The number of rotatable bonds is 4. The van der Waals surface area contributed by atoms with Crippen LogP contribution in [0.3, 0.4) is 0 Å². The fraction of sp³-hybridized carbons (Fsp3) is 0.440. The lowest BCUT2D eigenvalue weighted by Gasteiger charge is -2.31. The summed E-state index contributed by atoms with van der Waals surface area (Å²) in [5.74, 6) is 0.644. The number of ether oxygens (including phenoxy) is 1. The third kappa shape index (κ3) is 3.70. The van der Waals surface area contributed by atoms with Gasteiger partial charge in [-0.25, -0.2) is 27.1 Å². The van der Waals surface area contributed by atoms with Crippen molar-refractivity contribution in [1.29, 1.82) is 0 Å². The number of fused-ring (bicyclic) bond motifs is 2. The van der Waals surface area contributed by atoms with Gasteiger partial charge in [-0.05, 0) is 43.0 Å².